The minimum atomic E-state index is -1.25. The van der Waals surface area contributed by atoms with Crippen molar-refractivity contribution in [2.75, 3.05) is 11.9 Å². The van der Waals surface area contributed by atoms with Crippen molar-refractivity contribution < 1.29 is 23.5 Å². The van der Waals surface area contributed by atoms with Crippen LogP contribution in [-0.4, -0.2) is 28.3 Å². The summed E-state index contributed by atoms with van der Waals surface area (Å²) in [4.78, 5) is 28.9. The molecule has 1 amide bonds. The molecule has 2 aromatic rings. The minimum Gasteiger partial charge on any atom is -0.391 e. The molecule has 0 saturated carbocycles. The van der Waals surface area contributed by atoms with E-state index in [0.29, 0.717) is 4.47 Å². The zero-order chi connectivity index (χ0) is 19.4. The van der Waals surface area contributed by atoms with Gasteiger partial charge in [0.25, 0.3) is 11.5 Å². The standard InChI is InChI=1S/C16H16BrF2N3O4/c1-8(23)7-26-21-15(24)10-6-22(2)16(25)13(19)14(10)20-12-4-3-9(17)5-11(12)18/h3-6,8,20,23H,7H2,1-2H3,(H,21,24)/t8-/m0/s1. The molecule has 0 fully saturated rings. The number of amides is 1. The summed E-state index contributed by atoms with van der Waals surface area (Å²) in [5, 5.41) is 11.6. The van der Waals surface area contributed by atoms with Crippen LogP contribution in [0.15, 0.2) is 33.7 Å². The maximum Gasteiger partial charge on any atom is 0.288 e. The Labute approximate surface area is 155 Å². The third-order valence-corrected chi connectivity index (χ3v) is 3.74. The Hall–Kier alpha value is -2.30. The van der Waals surface area contributed by atoms with Crippen LogP contribution in [0, 0.1) is 11.6 Å². The highest BCUT2D eigenvalue weighted by Crippen LogP contribution is 2.26. The third-order valence-electron chi connectivity index (χ3n) is 3.24. The molecule has 26 heavy (non-hydrogen) atoms. The van der Waals surface area contributed by atoms with Crippen molar-refractivity contribution in [3.05, 3.63) is 56.4 Å². The lowest BCUT2D eigenvalue weighted by Crippen LogP contribution is -2.31. The summed E-state index contributed by atoms with van der Waals surface area (Å²) in [6, 6.07) is 3.98. The minimum absolute atomic E-state index is 0.126. The van der Waals surface area contributed by atoms with Crippen LogP contribution in [-0.2, 0) is 11.9 Å². The molecule has 0 aliphatic rings. The normalized spacial score (nSPS) is 11.9. The molecule has 140 valence electrons. The van der Waals surface area contributed by atoms with E-state index in [1.165, 1.54) is 26.1 Å². The van der Waals surface area contributed by atoms with Crippen LogP contribution in [0.4, 0.5) is 20.2 Å². The van der Waals surface area contributed by atoms with Gasteiger partial charge in [-0.1, -0.05) is 15.9 Å². The molecule has 10 heteroatoms. The number of halogens is 3. The first kappa shape index (κ1) is 20.0. The summed E-state index contributed by atoms with van der Waals surface area (Å²) in [5.74, 6) is -2.84. The second kappa shape index (κ2) is 8.39. The highest BCUT2D eigenvalue weighted by atomic mass is 79.9. The van der Waals surface area contributed by atoms with E-state index in [1.807, 2.05) is 5.48 Å². The molecular formula is C16H16BrF2N3O4. The third kappa shape index (κ3) is 4.65. The van der Waals surface area contributed by atoms with Crippen molar-refractivity contribution in [3.8, 4) is 0 Å². The van der Waals surface area contributed by atoms with E-state index in [0.717, 1.165) is 16.8 Å². The van der Waals surface area contributed by atoms with Gasteiger partial charge in [0.1, 0.15) is 12.4 Å². The van der Waals surface area contributed by atoms with Crippen molar-refractivity contribution in [2.45, 2.75) is 13.0 Å². The van der Waals surface area contributed by atoms with Crippen LogP contribution in [0.1, 0.15) is 17.3 Å². The number of carbonyl (C=O) groups excluding carboxylic acids is 1. The van der Waals surface area contributed by atoms with Gasteiger partial charge in [0, 0.05) is 17.7 Å². The Balaban J connectivity index is 2.41. The van der Waals surface area contributed by atoms with Gasteiger partial charge in [0.2, 0.25) is 5.82 Å². The summed E-state index contributed by atoms with van der Waals surface area (Å²) >= 11 is 3.10. The average Bonchev–Trinajstić information content (AvgIpc) is 2.56. The van der Waals surface area contributed by atoms with Crippen LogP contribution >= 0.6 is 15.9 Å². The molecule has 2 rings (SSSR count). The fourth-order valence-corrected chi connectivity index (χ4v) is 2.33. The zero-order valence-corrected chi connectivity index (χ0v) is 15.4. The molecule has 1 heterocycles. The number of hydroxylamine groups is 1. The number of aliphatic hydroxyl groups is 1. The summed E-state index contributed by atoms with van der Waals surface area (Å²) < 4.78 is 29.8. The second-order valence-electron chi connectivity index (χ2n) is 5.49. The predicted molar refractivity (Wildman–Crippen MR) is 94.1 cm³/mol. The molecule has 7 nitrogen and oxygen atoms in total. The number of rotatable bonds is 6. The number of aromatic nitrogens is 1. The zero-order valence-electron chi connectivity index (χ0n) is 13.8. The van der Waals surface area contributed by atoms with Crippen LogP contribution in [0.5, 0.6) is 0 Å². The smallest absolute Gasteiger partial charge is 0.288 e. The van der Waals surface area contributed by atoms with Gasteiger partial charge in [-0.2, -0.15) is 4.39 Å². The van der Waals surface area contributed by atoms with Gasteiger partial charge in [-0.25, -0.2) is 9.87 Å². The highest BCUT2D eigenvalue weighted by molar-refractivity contribution is 9.10. The van der Waals surface area contributed by atoms with Gasteiger partial charge >= 0.3 is 0 Å². The SMILES string of the molecule is C[C@H](O)CONC(=O)c1cn(C)c(=O)c(F)c1Nc1ccc(Br)cc1F. The van der Waals surface area contributed by atoms with Gasteiger partial charge in [-0.3, -0.25) is 14.4 Å². The van der Waals surface area contributed by atoms with Gasteiger partial charge in [0.05, 0.1) is 23.0 Å². The highest BCUT2D eigenvalue weighted by Gasteiger charge is 2.21. The lowest BCUT2D eigenvalue weighted by Gasteiger charge is -2.15. The molecule has 1 atom stereocenters. The first-order valence-electron chi connectivity index (χ1n) is 7.42. The lowest BCUT2D eigenvalue weighted by atomic mass is 10.2. The van der Waals surface area contributed by atoms with Crippen LogP contribution < -0.4 is 16.4 Å². The quantitative estimate of drug-likeness (QED) is 0.609. The van der Waals surface area contributed by atoms with Crippen LogP contribution in [0.25, 0.3) is 0 Å². The monoisotopic (exact) mass is 431 g/mol. The Bertz CT molecular complexity index is 887. The summed E-state index contributed by atoms with van der Waals surface area (Å²) in [7, 11) is 1.27. The maximum absolute atomic E-state index is 14.4. The van der Waals surface area contributed by atoms with Crippen molar-refractivity contribution in [1.29, 1.82) is 0 Å². The number of carbonyl (C=O) groups is 1. The van der Waals surface area contributed by atoms with Crippen molar-refractivity contribution in [2.24, 2.45) is 7.05 Å². The van der Waals surface area contributed by atoms with Gasteiger partial charge in [0.15, 0.2) is 0 Å². The number of aryl methyl sites for hydroxylation is 1. The molecule has 0 bridgehead atoms. The number of benzene rings is 1. The molecule has 0 spiro atoms. The van der Waals surface area contributed by atoms with E-state index < -0.39 is 34.9 Å². The first-order valence-corrected chi connectivity index (χ1v) is 8.21. The number of nitrogens with one attached hydrogen (secondary N) is 2. The number of anilines is 2. The fourth-order valence-electron chi connectivity index (χ4n) is 2.00. The van der Waals surface area contributed by atoms with E-state index in [4.69, 9.17) is 9.94 Å². The average molecular weight is 432 g/mol. The molecule has 1 aromatic carbocycles. The number of aliphatic hydroxyl groups excluding tert-OH is 1. The predicted octanol–water partition coefficient (Wildman–Crippen LogP) is 2.21. The largest absolute Gasteiger partial charge is 0.391 e. The molecule has 0 unspecified atom stereocenters. The van der Waals surface area contributed by atoms with E-state index in [9.17, 15) is 18.4 Å². The van der Waals surface area contributed by atoms with Gasteiger partial charge in [-0.15, -0.1) is 0 Å². The number of nitrogens with zero attached hydrogens (tertiary/aromatic N) is 1. The number of pyridine rings is 1. The van der Waals surface area contributed by atoms with E-state index in [-0.39, 0.29) is 17.9 Å². The summed E-state index contributed by atoms with van der Waals surface area (Å²) in [6.07, 6.45) is 0.257. The topological polar surface area (TPSA) is 92.6 Å². The van der Waals surface area contributed by atoms with Crippen LogP contribution in [0.2, 0.25) is 0 Å². The fraction of sp³-hybridized carbons (Fsp3) is 0.250. The number of hydrogen-bond acceptors (Lipinski definition) is 5. The molecule has 0 aliphatic carbocycles. The van der Waals surface area contributed by atoms with Gasteiger partial charge < -0.3 is 15.0 Å². The molecule has 0 aliphatic heterocycles. The molecule has 3 N–H and O–H groups in total. The van der Waals surface area contributed by atoms with Gasteiger partial charge in [-0.05, 0) is 25.1 Å². The van der Waals surface area contributed by atoms with Crippen molar-refractivity contribution >= 4 is 33.2 Å². The lowest BCUT2D eigenvalue weighted by molar-refractivity contribution is -0.00687. The van der Waals surface area contributed by atoms with Crippen LogP contribution in [0.3, 0.4) is 0 Å². The maximum atomic E-state index is 14.4. The number of hydrogen-bond donors (Lipinski definition) is 3. The summed E-state index contributed by atoms with van der Waals surface area (Å²) in [6.45, 7) is 1.26. The second-order valence-corrected chi connectivity index (χ2v) is 6.40. The van der Waals surface area contributed by atoms with E-state index in [1.54, 1.807) is 0 Å². The Morgan fingerprint density at radius 3 is 2.73 bits per heavy atom. The van der Waals surface area contributed by atoms with Crippen molar-refractivity contribution in [1.82, 2.24) is 10.0 Å². The Morgan fingerprint density at radius 2 is 2.12 bits per heavy atom. The van der Waals surface area contributed by atoms with E-state index >= 15 is 0 Å². The molecule has 0 saturated heterocycles. The van der Waals surface area contributed by atoms with E-state index in [2.05, 4.69) is 21.2 Å². The Kier molecular flexibility index (Phi) is 6.46. The first-order chi connectivity index (χ1) is 12.2. The molecular weight excluding hydrogens is 416 g/mol. The summed E-state index contributed by atoms with van der Waals surface area (Å²) in [5.41, 5.74) is 0.139. The van der Waals surface area contributed by atoms with Crippen molar-refractivity contribution in [3.63, 3.8) is 0 Å². The Morgan fingerprint density at radius 1 is 1.42 bits per heavy atom. The molecule has 1 aromatic heterocycles. The molecule has 0 radical (unpaired) electrons.